The third-order valence-electron chi connectivity index (χ3n) is 3.57. The first-order chi connectivity index (χ1) is 9.02. The van der Waals surface area contributed by atoms with Crippen molar-refractivity contribution in [2.75, 3.05) is 20.2 Å². The molecule has 1 aliphatic rings. The van der Waals surface area contributed by atoms with Crippen LogP contribution in [0.3, 0.4) is 0 Å². The Bertz CT molecular complexity index is 442. The van der Waals surface area contributed by atoms with E-state index in [2.05, 4.69) is 5.32 Å². The average molecular weight is 347 g/mol. The molecule has 0 saturated carbocycles. The molecular formula is C13H19Cl2F3N2O. The summed E-state index contributed by atoms with van der Waals surface area (Å²) in [6.07, 6.45) is 0.0374. The first-order valence-corrected chi connectivity index (χ1v) is 6.16. The predicted octanol–water partition coefficient (Wildman–Crippen LogP) is 2.57. The van der Waals surface area contributed by atoms with Crippen molar-refractivity contribution in [1.82, 2.24) is 5.32 Å². The van der Waals surface area contributed by atoms with E-state index in [-0.39, 0.29) is 42.3 Å². The minimum atomic E-state index is -1.46. The highest BCUT2D eigenvalue weighted by Gasteiger charge is 2.28. The Morgan fingerprint density at radius 2 is 1.81 bits per heavy atom. The number of nitrogens with one attached hydrogen (secondary N) is 1. The molecule has 0 bridgehead atoms. The summed E-state index contributed by atoms with van der Waals surface area (Å²) in [5.41, 5.74) is 6.21. The number of halogens is 5. The summed E-state index contributed by atoms with van der Waals surface area (Å²) in [6.45, 7) is 1.46. The Kier molecular flexibility index (Phi) is 8.58. The molecule has 3 N–H and O–H groups in total. The van der Waals surface area contributed by atoms with Gasteiger partial charge in [0.2, 0.25) is 0 Å². The van der Waals surface area contributed by atoms with E-state index in [1.807, 2.05) is 0 Å². The van der Waals surface area contributed by atoms with Crippen LogP contribution in [0.5, 0.6) is 0 Å². The first kappa shape index (κ1) is 20.5. The maximum atomic E-state index is 13.2. The van der Waals surface area contributed by atoms with Crippen LogP contribution in [-0.2, 0) is 4.74 Å². The summed E-state index contributed by atoms with van der Waals surface area (Å²) in [4.78, 5) is 0. The van der Waals surface area contributed by atoms with Crippen LogP contribution in [0.15, 0.2) is 12.1 Å². The lowest BCUT2D eigenvalue weighted by atomic mass is 9.93. The van der Waals surface area contributed by atoms with Crippen LogP contribution in [-0.4, -0.2) is 26.2 Å². The summed E-state index contributed by atoms with van der Waals surface area (Å²) in [7, 11) is 1.46. The minimum Gasteiger partial charge on any atom is -0.377 e. The predicted molar refractivity (Wildman–Crippen MR) is 79.5 cm³/mol. The van der Waals surface area contributed by atoms with E-state index in [1.54, 1.807) is 0 Å². The lowest BCUT2D eigenvalue weighted by Crippen LogP contribution is -2.30. The highest BCUT2D eigenvalue weighted by molar-refractivity contribution is 5.85. The number of methoxy groups -OCH3 is 1. The first-order valence-electron chi connectivity index (χ1n) is 6.16. The highest BCUT2D eigenvalue weighted by Crippen LogP contribution is 2.29. The van der Waals surface area contributed by atoms with Crippen LogP contribution in [0.2, 0.25) is 0 Å². The monoisotopic (exact) mass is 346 g/mol. The van der Waals surface area contributed by atoms with E-state index in [0.717, 1.165) is 18.7 Å². The molecule has 0 amide bonds. The second-order valence-electron chi connectivity index (χ2n) is 4.84. The smallest absolute Gasteiger partial charge is 0.194 e. The summed E-state index contributed by atoms with van der Waals surface area (Å²) >= 11 is 0. The van der Waals surface area contributed by atoms with Gasteiger partial charge in [-0.2, -0.15) is 0 Å². The molecule has 3 atom stereocenters. The molecule has 1 aliphatic heterocycles. The SMILES string of the molecule is COC(C[C@@H]1CNC[C@H]1N)c1cc(F)c(F)c(F)c1.Cl.Cl. The molecule has 21 heavy (non-hydrogen) atoms. The minimum absolute atomic E-state index is 0. The van der Waals surface area contributed by atoms with Gasteiger partial charge in [0.05, 0.1) is 6.10 Å². The average Bonchev–Trinajstić information content (AvgIpc) is 2.78. The van der Waals surface area contributed by atoms with Gasteiger partial charge in [-0.25, -0.2) is 13.2 Å². The topological polar surface area (TPSA) is 47.3 Å². The summed E-state index contributed by atoms with van der Waals surface area (Å²) < 4.78 is 44.6. The van der Waals surface area contributed by atoms with E-state index in [1.165, 1.54) is 7.11 Å². The quantitative estimate of drug-likeness (QED) is 0.823. The van der Waals surface area contributed by atoms with Gasteiger partial charge in [0.1, 0.15) is 0 Å². The molecule has 0 aliphatic carbocycles. The van der Waals surface area contributed by atoms with Gasteiger partial charge in [-0.15, -0.1) is 24.8 Å². The molecule has 0 spiro atoms. The van der Waals surface area contributed by atoms with Crippen molar-refractivity contribution in [2.45, 2.75) is 18.6 Å². The van der Waals surface area contributed by atoms with Gasteiger partial charge < -0.3 is 15.8 Å². The second kappa shape index (κ2) is 8.80. The maximum absolute atomic E-state index is 13.2. The molecule has 3 nitrogen and oxygen atoms in total. The molecule has 1 saturated heterocycles. The van der Waals surface area contributed by atoms with Crippen LogP contribution in [0, 0.1) is 23.4 Å². The molecule has 1 fully saturated rings. The number of hydrogen-bond donors (Lipinski definition) is 2. The zero-order chi connectivity index (χ0) is 14.0. The van der Waals surface area contributed by atoms with Gasteiger partial charge in [-0.3, -0.25) is 0 Å². The Hall–Kier alpha value is -0.530. The zero-order valence-electron chi connectivity index (χ0n) is 11.4. The molecular weight excluding hydrogens is 328 g/mol. The number of hydrogen-bond acceptors (Lipinski definition) is 3. The number of nitrogens with two attached hydrogens (primary N) is 1. The lowest BCUT2D eigenvalue weighted by molar-refractivity contribution is 0.0797. The van der Waals surface area contributed by atoms with Crippen molar-refractivity contribution in [1.29, 1.82) is 0 Å². The van der Waals surface area contributed by atoms with Gasteiger partial charge in [0, 0.05) is 19.7 Å². The van der Waals surface area contributed by atoms with E-state index in [9.17, 15) is 13.2 Å². The normalized spacial score (nSPS) is 22.3. The third kappa shape index (κ3) is 4.72. The van der Waals surface area contributed by atoms with Crippen LogP contribution in [0.25, 0.3) is 0 Å². The van der Waals surface area contributed by atoms with Gasteiger partial charge in [0.15, 0.2) is 17.5 Å². The number of benzene rings is 1. The molecule has 122 valence electrons. The van der Waals surface area contributed by atoms with Crippen LogP contribution in [0.4, 0.5) is 13.2 Å². The highest BCUT2D eigenvalue weighted by atomic mass is 35.5. The molecule has 1 unspecified atom stereocenters. The Balaban J connectivity index is 0.00000200. The summed E-state index contributed by atoms with van der Waals surface area (Å²) in [5, 5.41) is 3.15. The van der Waals surface area contributed by atoms with E-state index < -0.39 is 23.6 Å². The summed E-state index contributed by atoms with van der Waals surface area (Å²) in [5.74, 6) is -3.70. The second-order valence-corrected chi connectivity index (χ2v) is 4.84. The van der Waals surface area contributed by atoms with Crippen molar-refractivity contribution < 1.29 is 17.9 Å². The van der Waals surface area contributed by atoms with E-state index >= 15 is 0 Å². The molecule has 1 heterocycles. The lowest BCUT2D eigenvalue weighted by Gasteiger charge is -2.22. The van der Waals surface area contributed by atoms with Crippen molar-refractivity contribution in [3.05, 3.63) is 35.1 Å². The van der Waals surface area contributed by atoms with Crippen LogP contribution < -0.4 is 11.1 Å². The molecule has 1 aromatic carbocycles. The fraction of sp³-hybridized carbons (Fsp3) is 0.538. The summed E-state index contributed by atoms with van der Waals surface area (Å²) in [6, 6.07) is 1.94. The van der Waals surface area contributed by atoms with Crippen LogP contribution in [0.1, 0.15) is 18.1 Å². The third-order valence-corrected chi connectivity index (χ3v) is 3.57. The van der Waals surface area contributed by atoms with Crippen molar-refractivity contribution in [3.8, 4) is 0 Å². The van der Waals surface area contributed by atoms with Gasteiger partial charge in [-0.05, 0) is 36.6 Å². The molecule has 1 aromatic rings. The Morgan fingerprint density at radius 3 is 2.24 bits per heavy atom. The molecule has 8 heteroatoms. The zero-order valence-corrected chi connectivity index (χ0v) is 13.1. The number of ether oxygens (including phenoxy) is 1. The Morgan fingerprint density at radius 1 is 1.24 bits per heavy atom. The van der Waals surface area contributed by atoms with Crippen LogP contribution >= 0.6 is 24.8 Å². The van der Waals surface area contributed by atoms with Gasteiger partial charge in [-0.1, -0.05) is 0 Å². The fourth-order valence-electron chi connectivity index (χ4n) is 2.42. The molecule has 0 aromatic heterocycles. The fourth-order valence-corrected chi connectivity index (χ4v) is 2.42. The molecule has 2 rings (SSSR count). The number of rotatable bonds is 4. The Labute approximate surface area is 134 Å². The van der Waals surface area contributed by atoms with Gasteiger partial charge >= 0.3 is 0 Å². The van der Waals surface area contributed by atoms with Crippen molar-refractivity contribution in [3.63, 3.8) is 0 Å². The van der Waals surface area contributed by atoms with Crippen molar-refractivity contribution >= 4 is 24.8 Å². The largest absolute Gasteiger partial charge is 0.377 e. The maximum Gasteiger partial charge on any atom is 0.194 e. The van der Waals surface area contributed by atoms with E-state index in [0.29, 0.717) is 13.0 Å². The van der Waals surface area contributed by atoms with Gasteiger partial charge in [0.25, 0.3) is 0 Å². The van der Waals surface area contributed by atoms with Crippen molar-refractivity contribution in [2.24, 2.45) is 11.7 Å². The standard InChI is InChI=1S/C13H17F3N2O.2ClH/c1-19-12(4-8-5-18-6-11(8)17)7-2-9(14)13(16)10(15)3-7;;/h2-3,8,11-12,18H,4-6,17H2,1H3;2*1H/t8-,11-,12?;;/m1../s1. The van der Waals surface area contributed by atoms with E-state index in [4.69, 9.17) is 10.5 Å². The molecule has 0 radical (unpaired) electrons.